The second kappa shape index (κ2) is 14.1. The summed E-state index contributed by atoms with van der Waals surface area (Å²) in [6, 6.07) is 5.73. The van der Waals surface area contributed by atoms with E-state index in [0.29, 0.717) is 19.4 Å². The van der Waals surface area contributed by atoms with Gasteiger partial charge in [0.2, 0.25) is 17.7 Å². The molecular weight excluding hydrogens is 418 g/mol. The summed E-state index contributed by atoms with van der Waals surface area (Å²) in [6.07, 6.45) is 0.288. The van der Waals surface area contributed by atoms with Crippen LogP contribution in [0.2, 0.25) is 0 Å². The first-order chi connectivity index (χ1) is 15.1. The molecule has 0 aliphatic heterocycles. The van der Waals surface area contributed by atoms with Gasteiger partial charge in [-0.2, -0.15) is 0 Å². The van der Waals surface area contributed by atoms with Crippen molar-refractivity contribution in [2.75, 3.05) is 13.1 Å². The van der Waals surface area contributed by atoms with Crippen molar-refractivity contribution in [2.45, 2.75) is 56.8 Å². The zero-order chi connectivity index (χ0) is 24.1. The lowest BCUT2D eigenvalue weighted by Gasteiger charge is -2.25. The molecule has 32 heavy (non-hydrogen) atoms. The second-order valence-corrected chi connectivity index (χ2v) is 7.48. The highest BCUT2D eigenvalue weighted by atomic mass is 16.4. The maximum atomic E-state index is 12.7. The fourth-order valence-electron chi connectivity index (χ4n) is 2.94. The number of unbranched alkanes of at least 4 members (excludes halogenated alkanes) is 1. The molecule has 0 saturated carbocycles. The van der Waals surface area contributed by atoms with Crippen molar-refractivity contribution in [1.82, 2.24) is 16.0 Å². The topological polar surface area (TPSA) is 197 Å². The summed E-state index contributed by atoms with van der Waals surface area (Å²) < 4.78 is 0. The van der Waals surface area contributed by atoms with Crippen LogP contribution >= 0.6 is 0 Å². The van der Waals surface area contributed by atoms with Gasteiger partial charge in [0.1, 0.15) is 18.6 Å². The van der Waals surface area contributed by atoms with Crippen LogP contribution in [-0.4, -0.2) is 71.2 Å². The number of aliphatic hydroxyl groups excluding tert-OH is 1. The van der Waals surface area contributed by atoms with Gasteiger partial charge in [-0.25, -0.2) is 0 Å². The number of amides is 3. The van der Waals surface area contributed by atoms with Gasteiger partial charge in [-0.15, -0.1) is 0 Å². The Labute approximate surface area is 186 Å². The van der Waals surface area contributed by atoms with Gasteiger partial charge in [-0.3, -0.25) is 19.2 Å². The first kappa shape index (κ1) is 27.0. The van der Waals surface area contributed by atoms with Crippen LogP contribution in [0, 0.1) is 0 Å². The van der Waals surface area contributed by atoms with Crippen LogP contribution in [0.5, 0.6) is 0 Å². The van der Waals surface area contributed by atoms with Crippen molar-refractivity contribution >= 4 is 23.7 Å². The molecule has 0 fully saturated rings. The lowest BCUT2D eigenvalue weighted by Crippen LogP contribution is -2.59. The predicted octanol–water partition coefficient (Wildman–Crippen LogP) is -1.76. The molecule has 0 aliphatic carbocycles. The third kappa shape index (κ3) is 9.86. The van der Waals surface area contributed by atoms with E-state index < -0.39 is 54.5 Å². The number of aliphatic hydroxyl groups is 1. The van der Waals surface area contributed by atoms with Crippen molar-refractivity contribution in [3.05, 3.63) is 35.9 Å². The maximum Gasteiger partial charge on any atom is 0.322 e. The Hall–Kier alpha value is -3.02. The minimum absolute atomic E-state index is 0.211. The van der Waals surface area contributed by atoms with Crippen LogP contribution < -0.4 is 27.4 Å². The number of hydrogen-bond acceptors (Lipinski definition) is 7. The molecule has 11 nitrogen and oxygen atoms in total. The molecule has 0 spiro atoms. The molecule has 1 rings (SSSR count). The summed E-state index contributed by atoms with van der Waals surface area (Å²) in [6.45, 7) is 1.11. The quantitative estimate of drug-likeness (QED) is 0.161. The average molecular weight is 452 g/mol. The smallest absolute Gasteiger partial charge is 0.322 e. The molecule has 1 aromatic rings. The molecule has 4 atom stereocenters. The minimum atomic E-state index is -1.35. The molecule has 9 N–H and O–H groups in total. The number of rotatable bonds is 14. The fraction of sp³-hybridized carbons (Fsp3) is 0.524. The summed E-state index contributed by atoms with van der Waals surface area (Å²) in [5, 5.41) is 25.9. The number of carbonyl (C=O) groups excluding carboxylic acids is 3. The number of benzene rings is 1. The Balaban J connectivity index is 2.80. The van der Waals surface area contributed by atoms with Crippen LogP contribution in [0.25, 0.3) is 0 Å². The van der Waals surface area contributed by atoms with Gasteiger partial charge < -0.3 is 37.6 Å². The van der Waals surface area contributed by atoms with E-state index in [0.717, 1.165) is 5.56 Å². The monoisotopic (exact) mass is 451 g/mol. The predicted molar refractivity (Wildman–Crippen MR) is 117 cm³/mol. The van der Waals surface area contributed by atoms with Crippen LogP contribution in [-0.2, 0) is 25.6 Å². The number of aliphatic carboxylic acids is 1. The lowest BCUT2D eigenvalue weighted by molar-refractivity contribution is -0.138. The van der Waals surface area contributed by atoms with Crippen LogP contribution in [0.4, 0.5) is 0 Å². The number of hydrogen-bond donors (Lipinski definition) is 7. The van der Waals surface area contributed by atoms with E-state index >= 15 is 0 Å². The van der Waals surface area contributed by atoms with Gasteiger partial charge >= 0.3 is 5.97 Å². The Bertz CT molecular complexity index is 758. The summed E-state index contributed by atoms with van der Waals surface area (Å²) in [4.78, 5) is 48.3. The number of nitrogens with two attached hydrogens (primary N) is 2. The summed E-state index contributed by atoms with van der Waals surface area (Å²) >= 11 is 0. The summed E-state index contributed by atoms with van der Waals surface area (Å²) in [7, 11) is 0. The molecule has 0 heterocycles. The Morgan fingerprint density at radius 3 is 2.22 bits per heavy atom. The zero-order valence-corrected chi connectivity index (χ0v) is 18.1. The van der Waals surface area contributed by atoms with E-state index in [1.165, 1.54) is 6.92 Å². The third-order valence-corrected chi connectivity index (χ3v) is 4.69. The Morgan fingerprint density at radius 1 is 1.00 bits per heavy atom. The first-order valence-electron chi connectivity index (χ1n) is 10.4. The lowest BCUT2D eigenvalue weighted by atomic mass is 10.0. The van der Waals surface area contributed by atoms with E-state index in [1.54, 1.807) is 0 Å². The highest BCUT2D eigenvalue weighted by molar-refractivity contribution is 5.94. The molecule has 178 valence electrons. The number of carboxylic acids is 1. The van der Waals surface area contributed by atoms with Gasteiger partial charge in [0.25, 0.3) is 0 Å². The van der Waals surface area contributed by atoms with E-state index in [4.69, 9.17) is 16.6 Å². The van der Waals surface area contributed by atoms with Gasteiger partial charge in [-0.05, 0) is 44.7 Å². The Morgan fingerprint density at radius 2 is 1.66 bits per heavy atom. The van der Waals surface area contributed by atoms with Crippen molar-refractivity contribution in [3.8, 4) is 0 Å². The molecular formula is C21H33N5O6. The molecule has 0 saturated heterocycles. The molecule has 4 unspecified atom stereocenters. The first-order valence-corrected chi connectivity index (χ1v) is 10.4. The van der Waals surface area contributed by atoms with Crippen LogP contribution in [0.1, 0.15) is 31.7 Å². The highest BCUT2D eigenvalue weighted by Crippen LogP contribution is 2.05. The normalized spacial score (nSPS) is 14.5. The SMILES string of the molecule is CC(O)C(NC(=O)C(N)Cc1ccccc1)C(=O)NC(CCCCN)C(=O)NCC(=O)O. The van der Waals surface area contributed by atoms with E-state index in [1.807, 2.05) is 30.3 Å². The van der Waals surface area contributed by atoms with Gasteiger partial charge in [-0.1, -0.05) is 30.3 Å². The largest absolute Gasteiger partial charge is 0.480 e. The molecule has 0 aromatic heterocycles. The van der Waals surface area contributed by atoms with Gasteiger partial charge in [0.15, 0.2) is 0 Å². The van der Waals surface area contributed by atoms with Crippen LogP contribution in [0.15, 0.2) is 30.3 Å². The minimum Gasteiger partial charge on any atom is -0.480 e. The van der Waals surface area contributed by atoms with Crippen molar-refractivity contribution in [1.29, 1.82) is 0 Å². The molecule has 1 aromatic carbocycles. The molecule has 0 radical (unpaired) electrons. The van der Waals surface area contributed by atoms with Crippen molar-refractivity contribution in [2.24, 2.45) is 11.5 Å². The summed E-state index contributed by atoms with van der Waals surface area (Å²) in [5.41, 5.74) is 12.2. The van der Waals surface area contributed by atoms with Gasteiger partial charge in [0, 0.05) is 0 Å². The number of nitrogens with one attached hydrogen (secondary N) is 3. The zero-order valence-electron chi connectivity index (χ0n) is 18.1. The van der Waals surface area contributed by atoms with E-state index in [-0.39, 0.29) is 12.8 Å². The standard InChI is InChI=1S/C21H33N5O6/c1-13(27)18(26-19(30)15(23)11-14-7-3-2-4-8-14)21(32)25-16(9-5-6-10-22)20(31)24-12-17(28)29/h2-4,7-8,13,15-16,18,27H,5-6,9-12,22-23H2,1H3,(H,24,31)(H,25,32)(H,26,30)(H,28,29). The van der Waals surface area contributed by atoms with E-state index in [2.05, 4.69) is 16.0 Å². The number of carbonyl (C=O) groups is 4. The maximum absolute atomic E-state index is 12.7. The van der Waals surface area contributed by atoms with E-state index in [9.17, 15) is 24.3 Å². The van der Waals surface area contributed by atoms with Crippen molar-refractivity contribution < 1.29 is 29.4 Å². The molecule has 11 heteroatoms. The molecule has 0 aliphatic rings. The van der Waals surface area contributed by atoms with Crippen molar-refractivity contribution in [3.63, 3.8) is 0 Å². The highest BCUT2D eigenvalue weighted by Gasteiger charge is 2.31. The average Bonchev–Trinajstić information content (AvgIpc) is 2.75. The molecule has 0 bridgehead atoms. The second-order valence-electron chi connectivity index (χ2n) is 7.48. The third-order valence-electron chi connectivity index (χ3n) is 4.69. The van der Waals surface area contributed by atoms with Crippen LogP contribution in [0.3, 0.4) is 0 Å². The fourth-order valence-corrected chi connectivity index (χ4v) is 2.94. The summed E-state index contributed by atoms with van der Waals surface area (Å²) in [5.74, 6) is -3.34. The Kier molecular flexibility index (Phi) is 11.9. The van der Waals surface area contributed by atoms with Gasteiger partial charge in [0.05, 0.1) is 12.1 Å². The number of carboxylic acid groups (broad SMARTS) is 1. The molecule has 3 amide bonds.